The Morgan fingerprint density at radius 1 is 1.16 bits per heavy atom. The van der Waals surface area contributed by atoms with Crippen LogP contribution in [0.15, 0.2) is 53.4 Å². The van der Waals surface area contributed by atoms with Gasteiger partial charge in [-0.2, -0.15) is 0 Å². The minimum Gasteiger partial charge on any atom is -0.480 e. The zero-order valence-electron chi connectivity index (χ0n) is 14.8. The number of piperidine rings is 1. The van der Waals surface area contributed by atoms with Crippen LogP contribution in [0.3, 0.4) is 0 Å². The number of likely N-dealkylation sites (tertiary alicyclic amines) is 1. The van der Waals surface area contributed by atoms with E-state index >= 15 is 0 Å². The maximum absolute atomic E-state index is 11.9. The molecule has 1 aliphatic rings. The number of hydrogen-bond donors (Lipinski definition) is 1. The van der Waals surface area contributed by atoms with Crippen molar-refractivity contribution in [3.05, 3.63) is 65.2 Å². The number of aliphatic carboxylic acids is 1. The molecule has 0 spiro atoms. The van der Waals surface area contributed by atoms with Crippen LogP contribution in [-0.2, 0) is 4.79 Å². The summed E-state index contributed by atoms with van der Waals surface area (Å²) in [4.78, 5) is 15.3. The van der Waals surface area contributed by atoms with E-state index < -0.39 is 12.0 Å². The Labute approximate surface area is 154 Å². The number of hydrogen-bond acceptors (Lipinski definition) is 3. The van der Waals surface area contributed by atoms with Gasteiger partial charge < -0.3 is 5.11 Å². The summed E-state index contributed by atoms with van der Waals surface area (Å²) in [5, 5.41) is 9.76. The molecule has 0 saturated carbocycles. The van der Waals surface area contributed by atoms with Crippen LogP contribution in [0.2, 0.25) is 0 Å². The fourth-order valence-corrected chi connectivity index (χ4v) is 4.17. The van der Waals surface area contributed by atoms with Crippen molar-refractivity contribution >= 4 is 17.7 Å². The van der Waals surface area contributed by atoms with Gasteiger partial charge in [0.1, 0.15) is 6.04 Å². The summed E-state index contributed by atoms with van der Waals surface area (Å²) < 4.78 is 0. The Bertz CT molecular complexity index is 729. The van der Waals surface area contributed by atoms with Gasteiger partial charge >= 0.3 is 5.97 Å². The molecular formula is C21H25NO2S. The summed E-state index contributed by atoms with van der Waals surface area (Å²) >= 11 is 1.72. The first-order valence-electron chi connectivity index (χ1n) is 8.80. The average Bonchev–Trinajstić information content (AvgIpc) is 2.64. The van der Waals surface area contributed by atoms with Crippen LogP contribution in [0.5, 0.6) is 0 Å². The van der Waals surface area contributed by atoms with Crippen molar-refractivity contribution in [1.82, 2.24) is 4.90 Å². The lowest BCUT2D eigenvalue weighted by Crippen LogP contribution is -2.47. The van der Waals surface area contributed by atoms with Crippen molar-refractivity contribution in [3.63, 3.8) is 0 Å². The van der Waals surface area contributed by atoms with E-state index in [-0.39, 0.29) is 6.04 Å². The first-order valence-corrected chi connectivity index (χ1v) is 10.0. The molecule has 3 rings (SSSR count). The largest absolute Gasteiger partial charge is 0.480 e. The standard InChI is InChI=1S/C21H25NO2S/c1-15-7-3-4-8-18(15)20(16-10-12-17(25-2)13-11-16)22-14-6-5-9-19(22)21(23)24/h3-4,7-8,10-13,19-20H,5-6,9,14H2,1-2H3,(H,23,24). The van der Waals surface area contributed by atoms with Crippen molar-refractivity contribution in [3.8, 4) is 0 Å². The van der Waals surface area contributed by atoms with E-state index in [9.17, 15) is 9.90 Å². The van der Waals surface area contributed by atoms with E-state index in [2.05, 4.69) is 54.5 Å². The van der Waals surface area contributed by atoms with Crippen molar-refractivity contribution in [1.29, 1.82) is 0 Å². The molecule has 0 amide bonds. The fourth-order valence-electron chi connectivity index (χ4n) is 3.76. The minimum absolute atomic E-state index is 0.0153. The molecule has 1 saturated heterocycles. The fraction of sp³-hybridized carbons (Fsp3) is 0.381. The molecule has 0 aliphatic carbocycles. The molecule has 2 unspecified atom stereocenters. The van der Waals surface area contributed by atoms with E-state index in [1.165, 1.54) is 21.6 Å². The summed E-state index contributed by atoms with van der Waals surface area (Å²) in [6, 6.07) is 16.5. The normalized spacial score (nSPS) is 19.5. The number of aryl methyl sites for hydroxylation is 1. The van der Waals surface area contributed by atoms with Crippen LogP contribution < -0.4 is 0 Å². The lowest BCUT2D eigenvalue weighted by Gasteiger charge is -2.40. The Morgan fingerprint density at radius 2 is 1.88 bits per heavy atom. The molecule has 1 fully saturated rings. The maximum atomic E-state index is 11.9. The van der Waals surface area contributed by atoms with Crippen molar-refractivity contribution in [2.24, 2.45) is 0 Å². The van der Waals surface area contributed by atoms with Crippen molar-refractivity contribution < 1.29 is 9.90 Å². The second kappa shape index (κ2) is 8.07. The topological polar surface area (TPSA) is 40.5 Å². The summed E-state index contributed by atoms with van der Waals surface area (Å²) in [7, 11) is 0. The van der Waals surface area contributed by atoms with E-state index in [4.69, 9.17) is 0 Å². The third-order valence-electron chi connectivity index (χ3n) is 5.08. The zero-order valence-corrected chi connectivity index (χ0v) is 15.6. The van der Waals surface area contributed by atoms with Gasteiger partial charge in [-0.15, -0.1) is 11.8 Å². The van der Waals surface area contributed by atoms with Gasteiger partial charge in [0.2, 0.25) is 0 Å². The molecule has 3 nitrogen and oxygen atoms in total. The molecule has 2 aromatic carbocycles. The van der Waals surface area contributed by atoms with Crippen LogP contribution >= 0.6 is 11.8 Å². The van der Waals surface area contributed by atoms with Crippen LogP contribution in [0.4, 0.5) is 0 Å². The van der Waals surface area contributed by atoms with Gasteiger partial charge in [-0.25, -0.2) is 0 Å². The Hall–Kier alpha value is -1.78. The van der Waals surface area contributed by atoms with Crippen LogP contribution in [0, 0.1) is 6.92 Å². The second-order valence-electron chi connectivity index (χ2n) is 6.62. The molecule has 4 heteroatoms. The third kappa shape index (κ3) is 3.91. The zero-order chi connectivity index (χ0) is 17.8. The molecule has 2 aromatic rings. The Kier molecular flexibility index (Phi) is 5.82. The SMILES string of the molecule is CSc1ccc(C(c2ccccc2C)N2CCCCC2C(=O)O)cc1. The smallest absolute Gasteiger partial charge is 0.320 e. The van der Waals surface area contributed by atoms with Gasteiger partial charge in [0.15, 0.2) is 0 Å². The van der Waals surface area contributed by atoms with Crippen LogP contribution in [0.25, 0.3) is 0 Å². The number of thioether (sulfide) groups is 1. The molecule has 0 radical (unpaired) electrons. The molecular weight excluding hydrogens is 330 g/mol. The highest BCUT2D eigenvalue weighted by Crippen LogP contribution is 2.36. The summed E-state index contributed by atoms with van der Waals surface area (Å²) in [6.07, 6.45) is 4.83. The molecule has 1 aliphatic heterocycles. The van der Waals surface area contributed by atoms with Gasteiger partial charge in [0, 0.05) is 4.90 Å². The predicted octanol–water partition coefficient (Wildman–Crippen LogP) is 4.75. The predicted molar refractivity (Wildman–Crippen MR) is 103 cm³/mol. The van der Waals surface area contributed by atoms with Crippen LogP contribution in [-0.4, -0.2) is 34.8 Å². The molecule has 0 aromatic heterocycles. The highest BCUT2D eigenvalue weighted by Gasteiger charge is 2.35. The Balaban J connectivity index is 2.07. The van der Waals surface area contributed by atoms with Crippen molar-refractivity contribution in [2.75, 3.05) is 12.8 Å². The number of rotatable bonds is 5. The average molecular weight is 356 g/mol. The summed E-state index contributed by atoms with van der Waals surface area (Å²) in [5.74, 6) is -0.709. The molecule has 2 atom stereocenters. The van der Waals surface area contributed by atoms with Gasteiger partial charge in [-0.05, 0) is 61.4 Å². The van der Waals surface area contributed by atoms with Gasteiger partial charge in [-0.1, -0.05) is 42.8 Å². The quantitative estimate of drug-likeness (QED) is 0.786. The molecule has 25 heavy (non-hydrogen) atoms. The maximum Gasteiger partial charge on any atom is 0.320 e. The van der Waals surface area contributed by atoms with Crippen molar-refractivity contribution in [2.45, 2.75) is 43.2 Å². The van der Waals surface area contributed by atoms with Gasteiger partial charge in [0.05, 0.1) is 6.04 Å². The van der Waals surface area contributed by atoms with Gasteiger partial charge in [0.25, 0.3) is 0 Å². The molecule has 1 heterocycles. The number of carbonyl (C=O) groups is 1. The molecule has 0 bridgehead atoms. The van der Waals surface area contributed by atoms with E-state index in [1.807, 2.05) is 12.1 Å². The monoisotopic (exact) mass is 355 g/mol. The number of benzene rings is 2. The van der Waals surface area contributed by atoms with E-state index in [0.29, 0.717) is 0 Å². The summed E-state index contributed by atoms with van der Waals surface area (Å²) in [5.41, 5.74) is 3.57. The minimum atomic E-state index is -0.709. The van der Waals surface area contributed by atoms with E-state index in [1.54, 1.807) is 11.8 Å². The highest BCUT2D eigenvalue weighted by atomic mass is 32.2. The lowest BCUT2D eigenvalue weighted by atomic mass is 9.89. The van der Waals surface area contributed by atoms with Gasteiger partial charge in [-0.3, -0.25) is 9.69 Å². The van der Waals surface area contributed by atoms with Crippen LogP contribution in [0.1, 0.15) is 42.0 Å². The number of carboxylic acid groups (broad SMARTS) is 1. The number of nitrogens with zero attached hydrogens (tertiary/aromatic N) is 1. The summed E-state index contributed by atoms with van der Waals surface area (Å²) in [6.45, 7) is 2.93. The van der Waals surface area contributed by atoms with E-state index in [0.717, 1.165) is 25.8 Å². The third-order valence-corrected chi connectivity index (χ3v) is 5.82. The first kappa shape index (κ1) is 18.0. The second-order valence-corrected chi connectivity index (χ2v) is 7.50. The highest BCUT2D eigenvalue weighted by molar-refractivity contribution is 7.98. The molecule has 1 N–H and O–H groups in total. The molecule has 132 valence electrons. The Morgan fingerprint density at radius 3 is 2.52 bits per heavy atom. The first-order chi connectivity index (χ1) is 12.1. The number of carboxylic acids is 1. The lowest BCUT2D eigenvalue weighted by molar-refractivity contribution is -0.145.